The van der Waals surface area contributed by atoms with Crippen LogP contribution in [0.2, 0.25) is 0 Å². The highest BCUT2D eigenvalue weighted by molar-refractivity contribution is 5.86. The van der Waals surface area contributed by atoms with Crippen LogP contribution in [-0.2, 0) is 19.1 Å². The molecule has 2 rings (SSSR count). The second kappa shape index (κ2) is 12.6. The third kappa shape index (κ3) is 8.98. The first-order valence-electron chi connectivity index (χ1n) is 11.0. The van der Waals surface area contributed by atoms with E-state index in [0.29, 0.717) is 25.2 Å². The van der Waals surface area contributed by atoms with Gasteiger partial charge in [0.1, 0.15) is 6.61 Å². The van der Waals surface area contributed by atoms with Gasteiger partial charge < -0.3 is 20.5 Å². The average molecular weight is 409 g/mol. The molecule has 164 valence electrons. The second-order valence-corrected chi connectivity index (χ2v) is 8.43. The molecule has 1 aliphatic carbocycles. The molecule has 0 aromatic rings. The number of aliphatic hydroxyl groups excluding tert-OH is 1. The molecule has 0 spiro atoms. The molecule has 1 heterocycles. The molecule has 7 nitrogen and oxygen atoms in total. The Labute approximate surface area is 173 Å². The van der Waals surface area contributed by atoms with E-state index in [9.17, 15) is 14.4 Å². The first kappa shape index (κ1) is 23.4. The van der Waals surface area contributed by atoms with Gasteiger partial charge in [0.05, 0.1) is 18.6 Å². The number of ether oxygens (including phenoxy) is 1. The van der Waals surface area contributed by atoms with Gasteiger partial charge in [0.15, 0.2) is 0 Å². The summed E-state index contributed by atoms with van der Waals surface area (Å²) < 4.78 is 5.41. The van der Waals surface area contributed by atoms with Gasteiger partial charge in [-0.05, 0) is 32.1 Å². The zero-order chi connectivity index (χ0) is 21.1. The molecule has 1 fully saturated rings. The third-order valence-corrected chi connectivity index (χ3v) is 5.72. The van der Waals surface area contributed by atoms with Crippen molar-refractivity contribution < 1.29 is 24.2 Å². The quantitative estimate of drug-likeness (QED) is 0.462. The number of rotatable bonds is 6. The summed E-state index contributed by atoms with van der Waals surface area (Å²) in [5.41, 5.74) is 0. The lowest BCUT2D eigenvalue weighted by molar-refractivity contribution is -0.145. The van der Waals surface area contributed by atoms with Crippen LogP contribution in [0.15, 0.2) is 12.2 Å². The fraction of sp³-hybridized carbons (Fsp3) is 0.773. The van der Waals surface area contributed by atoms with Crippen molar-refractivity contribution in [2.45, 2.75) is 83.2 Å². The van der Waals surface area contributed by atoms with Crippen LogP contribution in [0.4, 0.5) is 0 Å². The maximum absolute atomic E-state index is 12.9. The van der Waals surface area contributed by atoms with Crippen LogP contribution in [0.3, 0.4) is 0 Å². The van der Waals surface area contributed by atoms with Crippen molar-refractivity contribution in [1.29, 1.82) is 0 Å². The van der Waals surface area contributed by atoms with Crippen LogP contribution >= 0.6 is 0 Å². The van der Waals surface area contributed by atoms with E-state index in [1.807, 2.05) is 12.2 Å². The molecule has 0 unspecified atom stereocenters. The van der Waals surface area contributed by atoms with Gasteiger partial charge >= 0.3 is 5.97 Å². The van der Waals surface area contributed by atoms with Gasteiger partial charge in [-0.1, -0.05) is 44.3 Å². The number of nitrogens with one attached hydrogen (secondary N) is 2. The smallest absolute Gasteiger partial charge is 0.306 e. The molecule has 2 aliphatic rings. The minimum atomic E-state index is -0.485. The summed E-state index contributed by atoms with van der Waals surface area (Å²) in [6.45, 7) is 1.76. The van der Waals surface area contributed by atoms with Gasteiger partial charge in [0, 0.05) is 18.9 Å². The van der Waals surface area contributed by atoms with E-state index in [-0.39, 0.29) is 49.5 Å². The van der Waals surface area contributed by atoms with Crippen molar-refractivity contribution >= 4 is 17.8 Å². The van der Waals surface area contributed by atoms with E-state index in [0.717, 1.165) is 19.3 Å². The zero-order valence-electron chi connectivity index (χ0n) is 17.5. The van der Waals surface area contributed by atoms with Gasteiger partial charge in [-0.25, -0.2) is 0 Å². The summed E-state index contributed by atoms with van der Waals surface area (Å²) in [6.07, 6.45) is 11.9. The fourth-order valence-electron chi connectivity index (χ4n) is 4.04. The normalized spacial score (nSPS) is 25.9. The minimum Gasteiger partial charge on any atom is -0.463 e. The SMILES string of the molecule is C[C@H](CO)NC(=O)C[C@H]1CC=CCCC(=O)OC[C@H](CC2CCCCC2)NC1=O. The van der Waals surface area contributed by atoms with E-state index in [4.69, 9.17) is 9.84 Å². The molecule has 29 heavy (non-hydrogen) atoms. The van der Waals surface area contributed by atoms with Crippen molar-refractivity contribution in [3.8, 4) is 0 Å². The summed E-state index contributed by atoms with van der Waals surface area (Å²) in [7, 11) is 0. The highest BCUT2D eigenvalue weighted by atomic mass is 16.5. The monoisotopic (exact) mass is 408 g/mol. The minimum absolute atomic E-state index is 0.0659. The van der Waals surface area contributed by atoms with Crippen molar-refractivity contribution in [3.05, 3.63) is 12.2 Å². The summed E-state index contributed by atoms with van der Waals surface area (Å²) in [4.78, 5) is 37.1. The summed E-state index contributed by atoms with van der Waals surface area (Å²) in [5, 5.41) is 14.9. The van der Waals surface area contributed by atoms with E-state index >= 15 is 0 Å². The van der Waals surface area contributed by atoms with E-state index in [1.165, 1.54) is 19.3 Å². The maximum atomic E-state index is 12.9. The summed E-state index contributed by atoms with van der Waals surface area (Å²) in [6, 6.07) is -0.564. The van der Waals surface area contributed by atoms with Gasteiger partial charge in [-0.15, -0.1) is 0 Å². The van der Waals surface area contributed by atoms with Crippen LogP contribution in [0, 0.1) is 11.8 Å². The lowest BCUT2D eigenvalue weighted by Crippen LogP contribution is -2.45. The Morgan fingerprint density at radius 3 is 2.76 bits per heavy atom. The Balaban J connectivity index is 2.04. The number of esters is 1. The van der Waals surface area contributed by atoms with E-state index in [2.05, 4.69) is 10.6 Å². The molecule has 0 radical (unpaired) electrons. The maximum Gasteiger partial charge on any atom is 0.306 e. The molecule has 7 heteroatoms. The van der Waals surface area contributed by atoms with Crippen LogP contribution in [-0.4, -0.2) is 48.2 Å². The predicted molar refractivity (Wildman–Crippen MR) is 110 cm³/mol. The lowest BCUT2D eigenvalue weighted by atomic mass is 9.84. The average Bonchev–Trinajstić information content (AvgIpc) is 2.70. The number of amides is 2. The molecule has 1 aliphatic heterocycles. The van der Waals surface area contributed by atoms with Crippen LogP contribution < -0.4 is 10.6 Å². The van der Waals surface area contributed by atoms with Crippen molar-refractivity contribution in [2.75, 3.05) is 13.2 Å². The van der Waals surface area contributed by atoms with E-state index in [1.54, 1.807) is 6.92 Å². The van der Waals surface area contributed by atoms with Crippen molar-refractivity contribution in [2.24, 2.45) is 11.8 Å². The number of aliphatic hydroxyl groups is 1. The molecule has 0 aromatic carbocycles. The van der Waals surface area contributed by atoms with Gasteiger partial charge in [-0.2, -0.15) is 0 Å². The summed E-state index contributed by atoms with van der Waals surface area (Å²) in [5.74, 6) is -0.623. The van der Waals surface area contributed by atoms with Gasteiger partial charge in [0.25, 0.3) is 0 Å². The van der Waals surface area contributed by atoms with Crippen LogP contribution in [0.25, 0.3) is 0 Å². The van der Waals surface area contributed by atoms with E-state index < -0.39 is 5.92 Å². The number of cyclic esters (lactones) is 1. The topological polar surface area (TPSA) is 105 Å². The molecule has 0 aromatic heterocycles. The molecule has 0 bridgehead atoms. The van der Waals surface area contributed by atoms with Crippen LogP contribution in [0.1, 0.15) is 71.1 Å². The molecular formula is C22H36N2O5. The molecule has 1 saturated carbocycles. The largest absolute Gasteiger partial charge is 0.463 e. The molecule has 0 saturated heterocycles. The van der Waals surface area contributed by atoms with Crippen LogP contribution in [0.5, 0.6) is 0 Å². The number of allylic oxidation sites excluding steroid dienone is 2. The second-order valence-electron chi connectivity index (χ2n) is 8.43. The highest BCUT2D eigenvalue weighted by Crippen LogP contribution is 2.27. The van der Waals surface area contributed by atoms with Gasteiger partial charge in [0.2, 0.25) is 11.8 Å². The zero-order valence-corrected chi connectivity index (χ0v) is 17.5. The Bertz CT molecular complexity index is 572. The lowest BCUT2D eigenvalue weighted by Gasteiger charge is -2.28. The Hall–Kier alpha value is -1.89. The first-order chi connectivity index (χ1) is 14.0. The number of hydrogen-bond acceptors (Lipinski definition) is 5. The number of carbonyl (C=O) groups is 3. The standard InChI is InChI=1S/C22H36N2O5/c1-16(14-25)23-20(26)13-18-10-6-3-7-11-21(27)29-15-19(24-22(18)28)12-17-8-4-2-5-9-17/h3,6,16-19,25H,2,4-5,7-15H2,1H3,(H,23,26)(H,24,28)/t16-,18-,19+/m1/s1. The van der Waals surface area contributed by atoms with Crippen molar-refractivity contribution in [1.82, 2.24) is 10.6 Å². The summed E-state index contributed by atoms with van der Waals surface area (Å²) >= 11 is 0. The Morgan fingerprint density at radius 2 is 2.03 bits per heavy atom. The number of hydrogen-bond donors (Lipinski definition) is 3. The first-order valence-corrected chi connectivity index (χ1v) is 11.0. The Kier molecular flexibility index (Phi) is 10.2. The molecule has 3 atom stereocenters. The molecular weight excluding hydrogens is 372 g/mol. The molecule has 2 amide bonds. The van der Waals surface area contributed by atoms with Crippen molar-refractivity contribution in [3.63, 3.8) is 0 Å². The highest BCUT2D eigenvalue weighted by Gasteiger charge is 2.27. The predicted octanol–water partition coefficient (Wildman–Crippen LogP) is 2.23. The number of carbonyl (C=O) groups excluding carboxylic acids is 3. The van der Waals surface area contributed by atoms with Gasteiger partial charge in [-0.3, -0.25) is 14.4 Å². The molecule has 3 N–H and O–H groups in total. The Morgan fingerprint density at radius 1 is 1.28 bits per heavy atom. The fourth-order valence-corrected chi connectivity index (χ4v) is 4.04. The third-order valence-electron chi connectivity index (χ3n) is 5.72.